The van der Waals surface area contributed by atoms with Crippen molar-refractivity contribution in [3.63, 3.8) is 0 Å². The van der Waals surface area contributed by atoms with Crippen LogP contribution < -0.4 is 0 Å². The summed E-state index contributed by atoms with van der Waals surface area (Å²) in [6, 6.07) is 0. The van der Waals surface area contributed by atoms with Crippen LogP contribution in [-0.2, 0) is 65.4 Å². The SMILES string of the molecule is CCCCCCCCCCCCCCCCCCCCCC(=O)O[C@H](COC(=O)CCCCCCC)COP(=O)(O)OC[C@H](O)COP(=O)(O)OC[C@@H](COC(=O)CCCCCCCCCCCCCCCCCCCCC(C)C)OC(=O)CCCCCCCCCCCCCCCCCCCCC(C)C. The van der Waals surface area contributed by atoms with E-state index in [-0.39, 0.29) is 25.7 Å². The van der Waals surface area contributed by atoms with Crippen LogP contribution in [0, 0.1) is 11.8 Å². The predicted octanol–water partition coefficient (Wildman–Crippen LogP) is 26.6. The van der Waals surface area contributed by atoms with Gasteiger partial charge in [0.05, 0.1) is 26.4 Å². The Bertz CT molecular complexity index is 2030. The fourth-order valence-corrected chi connectivity index (χ4v) is 15.2. The highest BCUT2D eigenvalue weighted by atomic mass is 31.2. The normalized spacial score (nSPS) is 13.8. The number of unbranched alkanes of at least 4 members (excludes halogenated alkanes) is 56. The second-order valence-electron chi connectivity index (χ2n) is 32.2. The zero-order chi connectivity index (χ0) is 77.8. The highest BCUT2D eigenvalue weighted by molar-refractivity contribution is 7.47. The minimum Gasteiger partial charge on any atom is -0.462 e. The van der Waals surface area contributed by atoms with Crippen LogP contribution in [0.25, 0.3) is 0 Å². The Morgan fingerprint density at radius 2 is 0.434 bits per heavy atom. The Balaban J connectivity index is 5.09. The van der Waals surface area contributed by atoms with Gasteiger partial charge in [0, 0.05) is 25.7 Å². The highest BCUT2D eigenvalue weighted by Gasteiger charge is 2.30. The summed E-state index contributed by atoms with van der Waals surface area (Å²) in [5.74, 6) is -0.470. The van der Waals surface area contributed by atoms with Crippen molar-refractivity contribution in [1.82, 2.24) is 0 Å². The molecule has 19 heteroatoms. The number of rotatable bonds is 86. The zero-order valence-electron chi connectivity index (χ0n) is 69.7. The third-order valence-corrected chi connectivity index (χ3v) is 22.4. The van der Waals surface area contributed by atoms with E-state index >= 15 is 0 Å². The molecule has 0 bridgehead atoms. The van der Waals surface area contributed by atoms with E-state index < -0.39 is 97.5 Å². The molecule has 3 N–H and O–H groups in total. The van der Waals surface area contributed by atoms with Gasteiger partial charge in [-0.15, -0.1) is 0 Å². The number of aliphatic hydroxyl groups excluding tert-OH is 1. The van der Waals surface area contributed by atoms with Crippen LogP contribution in [0.1, 0.15) is 465 Å². The number of carbonyl (C=O) groups excluding carboxylic acids is 4. The summed E-state index contributed by atoms with van der Waals surface area (Å²) >= 11 is 0. The van der Waals surface area contributed by atoms with Crippen LogP contribution in [0.4, 0.5) is 0 Å². The summed E-state index contributed by atoms with van der Waals surface area (Å²) in [6.45, 7) is 9.66. The molecule has 0 aromatic heterocycles. The van der Waals surface area contributed by atoms with Crippen LogP contribution in [0.3, 0.4) is 0 Å². The zero-order valence-corrected chi connectivity index (χ0v) is 71.5. The summed E-state index contributed by atoms with van der Waals surface area (Å²) in [5, 5.41) is 10.6. The number of aliphatic hydroxyl groups is 1. The number of hydrogen-bond donors (Lipinski definition) is 3. The molecule has 2 unspecified atom stereocenters. The molecule has 0 aliphatic rings. The average Bonchev–Trinajstić information content (AvgIpc) is 0.902. The molecule has 0 aromatic carbocycles. The third-order valence-electron chi connectivity index (χ3n) is 20.5. The van der Waals surface area contributed by atoms with Crippen LogP contribution in [0.2, 0.25) is 0 Å². The van der Waals surface area contributed by atoms with Crippen LogP contribution in [0.5, 0.6) is 0 Å². The Morgan fingerprint density at radius 3 is 0.642 bits per heavy atom. The highest BCUT2D eigenvalue weighted by Crippen LogP contribution is 2.45. The summed E-state index contributed by atoms with van der Waals surface area (Å²) in [5.41, 5.74) is 0. The van der Waals surface area contributed by atoms with Crippen LogP contribution >= 0.6 is 15.6 Å². The van der Waals surface area contributed by atoms with Crippen molar-refractivity contribution in [2.45, 2.75) is 484 Å². The summed E-state index contributed by atoms with van der Waals surface area (Å²) in [4.78, 5) is 72.9. The van der Waals surface area contributed by atoms with Crippen molar-refractivity contribution >= 4 is 39.5 Å². The largest absolute Gasteiger partial charge is 0.472 e. The predicted molar refractivity (Wildman–Crippen MR) is 437 cm³/mol. The molecule has 0 saturated heterocycles. The second kappa shape index (κ2) is 78.3. The van der Waals surface area contributed by atoms with Crippen molar-refractivity contribution in [1.29, 1.82) is 0 Å². The van der Waals surface area contributed by atoms with E-state index in [4.69, 9.17) is 37.0 Å². The van der Waals surface area contributed by atoms with E-state index in [9.17, 15) is 43.2 Å². The minimum absolute atomic E-state index is 0.108. The molecular weight excluding hydrogens is 1380 g/mol. The number of phosphoric acid groups is 2. The van der Waals surface area contributed by atoms with Gasteiger partial charge in [0.2, 0.25) is 0 Å². The fourth-order valence-electron chi connectivity index (χ4n) is 13.6. The number of carbonyl (C=O) groups is 4. The molecule has 630 valence electrons. The van der Waals surface area contributed by atoms with Crippen molar-refractivity contribution in [2.24, 2.45) is 11.8 Å². The van der Waals surface area contributed by atoms with E-state index in [1.54, 1.807) is 0 Å². The minimum atomic E-state index is -4.96. The van der Waals surface area contributed by atoms with Gasteiger partial charge in [-0.2, -0.15) is 0 Å². The lowest BCUT2D eigenvalue weighted by atomic mass is 10.0. The number of phosphoric ester groups is 2. The first kappa shape index (κ1) is 104. The first-order valence-corrected chi connectivity index (χ1v) is 48.0. The molecule has 0 aliphatic heterocycles. The van der Waals surface area contributed by atoms with E-state index in [2.05, 4.69) is 41.5 Å². The molecule has 0 rings (SSSR count). The molecular formula is C87H170O17P2. The van der Waals surface area contributed by atoms with Gasteiger partial charge in [0.15, 0.2) is 12.2 Å². The first-order valence-electron chi connectivity index (χ1n) is 45.0. The Labute approximate surface area is 651 Å². The fraction of sp³-hybridized carbons (Fsp3) is 0.954. The van der Waals surface area contributed by atoms with E-state index in [0.29, 0.717) is 25.7 Å². The number of esters is 4. The summed E-state index contributed by atoms with van der Waals surface area (Å²) < 4.78 is 68.7. The molecule has 0 saturated carbocycles. The second-order valence-corrected chi connectivity index (χ2v) is 35.1. The van der Waals surface area contributed by atoms with E-state index in [0.717, 1.165) is 108 Å². The summed E-state index contributed by atoms with van der Waals surface area (Å²) in [7, 11) is -9.92. The van der Waals surface area contributed by atoms with Crippen molar-refractivity contribution < 1.29 is 80.2 Å². The van der Waals surface area contributed by atoms with Gasteiger partial charge in [-0.25, -0.2) is 9.13 Å². The topological polar surface area (TPSA) is 237 Å². The lowest BCUT2D eigenvalue weighted by Crippen LogP contribution is -2.30. The average molecular weight is 1550 g/mol. The summed E-state index contributed by atoms with van der Waals surface area (Å²) in [6.07, 6.45) is 71.4. The standard InChI is InChI=1S/C87H170O17P2/c1-7-9-11-13-14-15-16-17-18-19-20-28-33-38-43-48-53-59-65-71-86(91)103-82(75-97-84(89)69-63-55-12-10-8-2)77-101-105(93,94)99-73-81(88)74-100-106(95,96)102-78-83(104-87(92)72-66-60-54-49-44-39-34-29-24-22-26-31-36-41-46-51-57-62-68-80(5)6)76-98-85(90)70-64-58-52-47-42-37-32-27-23-21-25-30-35-40-45-50-56-61-67-79(3)4/h79-83,88H,7-78H2,1-6H3,(H,93,94)(H,95,96)/t81-,82+,83+/m0/s1. The molecule has 0 heterocycles. The maximum absolute atomic E-state index is 13.1. The molecule has 106 heavy (non-hydrogen) atoms. The first-order chi connectivity index (χ1) is 51.4. The van der Waals surface area contributed by atoms with E-state index in [1.807, 2.05) is 0 Å². The van der Waals surface area contributed by atoms with Crippen molar-refractivity contribution in [3.05, 3.63) is 0 Å². The Hall–Kier alpha value is -1.94. The molecule has 0 radical (unpaired) electrons. The molecule has 0 aliphatic carbocycles. The molecule has 0 spiro atoms. The third kappa shape index (κ3) is 80.1. The molecule has 5 atom stereocenters. The monoisotopic (exact) mass is 1550 g/mol. The van der Waals surface area contributed by atoms with Crippen LogP contribution in [0.15, 0.2) is 0 Å². The lowest BCUT2D eigenvalue weighted by molar-refractivity contribution is -0.161. The quantitative estimate of drug-likeness (QED) is 0.0222. The molecule has 0 fully saturated rings. The van der Waals surface area contributed by atoms with Gasteiger partial charge < -0.3 is 33.8 Å². The van der Waals surface area contributed by atoms with Crippen molar-refractivity contribution in [2.75, 3.05) is 39.6 Å². The Kier molecular flexibility index (Phi) is 76.9. The maximum atomic E-state index is 13.1. The Morgan fingerprint density at radius 1 is 0.255 bits per heavy atom. The van der Waals surface area contributed by atoms with Gasteiger partial charge in [0.1, 0.15) is 19.3 Å². The van der Waals surface area contributed by atoms with Crippen LogP contribution in [-0.4, -0.2) is 96.7 Å². The van der Waals surface area contributed by atoms with Gasteiger partial charge in [-0.1, -0.05) is 414 Å². The van der Waals surface area contributed by atoms with Gasteiger partial charge >= 0.3 is 39.5 Å². The lowest BCUT2D eigenvalue weighted by Gasteiger charge is -2.21. The molecule has 17 nitrogen and oxygen atoms in total. The molecule has 0 amide bonds. The maximum Gasteiger partial charge on any atom is 0.472 e. The molecule has 0 aromatic rings. The van der Waals surface area contributed by atoms with Gasteiger partial charge in [-0.3, -0.25) is 37.3 Å². The number of hydrogen-bond acceptors (Lipinski definition) is 15. The number of ether oxygens (including phenoxy) is 4. The smallest absolute Gasteiger partial charge is 0.462 e. The van der Waals surface area contributed by atoms with E-state index in [1.165, 1.54) is 276 Å². The van der Waals surface area contributed by atoms with Gasteiger partial charge in [0.25, 0.3) is 0 Å². The van der Waals surface area contributed by atoms with Crippen molar-refractivity contribution in [3.8, 4) is 0 Å². The van der Waals surface area contributed by atoms with Gasteiger partial charge in [-0.05, 0) is 37.5 Å².